The number of rotatable bonds is 8. The molecule has 0 fully saturated rings. The van der Waals surface area contributed by atoms with Crippen LogP contribution < -0.4 is 10.1 Å². The number of hydrogen-bond acceptors (Lipinski definition) is 6. The Balaban J connectivity index is 1.73. The Bertz CT molecular complexity index is 888. The van der Waals surface area contributed by atoms with Crippen molar-refractivity contribution in [2.24, 2.45) is 0 Å². The lowest BCUT2D eigenvalue weighted by Gasteiger charge is -2.15. The number of hydrogen-bond donors (Lipinski definition) is 2. The van der Waals surface area contributed by atoms with Gasteiger partial charge in [-0.15, -0.1) is 0 Å². The molecule has 0 atom stereocenters. The van der Waals surface area contributed by atoms with Gasteiger partial charge in [0.05, 0.1) is 24.5 Å². The number of nitrogens with one attached hydrogen (secondary N) is 1. The minimum Gasteiger partial charge on any atom is -0.487 e. The van der Waals surface area contributed by atoms with E-state index in [2.05, 4.69) is 10.4 Å². The topological polar surface area (TPSA) is 96.7 Å². The maximum atomic E-state index is 12.3. The van der Waals surface area contributed by atoms with Gasteiger partial charge in [-0.1, -0.05) is 12.1 Å². The van der Waals surface area contributed by atoms with Crippen LogP contribution in [0.3, 0.4) is 0 Å². The van der Waals surface area contributed by atoms with Crippen LogP contribution in [0.15, 0.2) is 42.2 Å². The van der Waals surface area contributed by atoms with Gasteiger partial charge in [0.1, 0.15) is 18.1 Å². The van der Waals surface area contributed by atoms with E-state index >= 15 is 0 Å². The Morgan fingerprint density at radius 1 is 1.26 bits per heavy atom. The van der Waals surface area contributed by atoms with Crippen LogP contribution in [-0.2, 0) is 22.7 Å². The summed E-state index contributed by atoms with van der Waals surface area (Å²) in [5, 5.41) is 16.3. The number of ether oxygens (including phenoxy) is 1. The maximum Gasteiger partial charge on any atom is 0.277 e. The highest BCUT2D eigenvalue weighted by Gasteiger charge is 2.31. The van der Waals surface area contributed by atoms with Gasteiger partial charge in [0, 0.05) is 24.4 Å². The second-order valence-electron chi connectivity index (χ2n) is 6.08. The molecule has 0 radical (unpaired) electrons. The monoisotopic (exact) mass is 370 g/mol. The lowest BCUT2D eigenvalue weighted by Crippen LogP contribution is -2.34. The third-order valence-corrected chi connectivity index (χ3v) is 4.24. The Kier molecular flexibility index (Phi) is 5.56. The summed E-state index contributed by atoms with van der Waals surface area (Å²) in [5.74, 6) is -0.357. The van der Waals surface area contributed by atoms with E-state index in [1.165, 1.54) is 6.08 Å². The van der Waals surface area contributed by atoms with Gasteiger partial charge >= 0.3 is 0 Å². The molecule has 8 nitrogen and oxygen atoms in total. The molecule has 3 rings (SSSR count). The number of para-hydroxylation sites is 2. The van der Waals surface area contributed by atoms with Crippen molar-refractivity contribution in [2.75, 3.05) is 18.5 Å². The van der Waals surface area contributed by atoms with E-state index in [0.717, 1.165) is 22.7 Å². The molecule has 1 aromatic heterocycles. The van der Waals surface area contributed by atoms with Crippen molar-refractivity contribution in [2.45, 2.75) is 27.0 Å². The highest BCUT2D eigenvalue weighted by molar-refractivity contribution is 6.17. The molecule has 0 spiro atoms. The van der Waals surface area contributed by atoms with Crippen LogP contribution in [0.1, 0.15) is 18.2 Å². The zero-order valence-corrected chi connectivity index (χ0v) is 15.3. The van der Waals surface area contributed by atoms with E-state index in [4.69, 9.17) is 9.84 Å². The van der Waals surface area contributed by atoms with Gasteiger partial charge in [-0.05, 0) is 26.0 Å². The highest BCUT2D eigenvalue weighted by atomic mass is 16.5. The van der Waals surface area contributed by atoms with Crippen LogP contribution in [0.5, 0.6) is 5.75 Å². The number of aliphatic hydroxyl groups is 1. The van der Waals surface area contributed by atoms with Crippen molar-refractivity contribution >= 4 is 17.5 Å². The zero-order chi connectivity index (χ0) is 19.4. The number of amides is 2. The number of carbonyl (C=O) groups excluding carboxylic acids is 2. The fourth-order valence-corrected chi connectivity index (χ4v) is 2.77. The second kappa shape index (κ2) is 8.05. The molecule has 8 heteroatoms. The molecule has 1 aliphatic heterocycles. The van der Waals surface area contributed by atoms with Gasteiger partial charge in [0.2, 0.25) is 0 Å². The molecular formula is C19H22N4O4. The third kappa shape index (κ3) is 4.01. The predicted octanol–water partition coefficient (Wildman–Crippen LogP) is 1.45. The minimum atomic E-state index is -0.469. The average Bonchev–Trinajstić information content (AvgIpc) is 3.15. The van der Waals surface area contributed by atoms with Crippen LogP contribution in [0.2, 0.25) is 0 Å². The largest absolute Gasteiger partial charge is 0.487 e. The molecule has 2 N–H and O–H groups in total. The number of aromatic nitrogens is 2. The first kappa shape index (κ1) is 18.7. The number of aliphatic hydroxyl groups excluding tert-OH is 1. The molecule has 27 heavy (non-hydrogen) atoms. The van der Waals surface area contributed by atoms with Crippen molar-refractivity contribution in [3.05, 3.63) is 53.5 Å². The summed E-state index contributed by atoms with van der Waals surface area (Å²) in [6.45, 7) is 4.77. The first-order valence-corrected chi connectivity index (χ1v) is 8.73. The highest BCUT2D eigenvalue weighted by Crippen LogP contribution is 2.28. The molecule has 1 aromatic carbocycles. The van der Waals surface area contributed by atoms with Crippen molar-refractivity contribution in [3.63, 3.8) is 0 Å². The number of nitrogens with zero attached hydrogens (tertiary/aromatic N) is 3. The molecular weight excluding hydrogens is 348 g/mol. The fraction of sp³-hybridized carbons (Fsp3) is 0.316. The zero-order valence-electron chi connectivity index (χ0n) is 15.3. The predicted molar refractivity (Wildman–Crippen MR) is 98.9 cm³/mol. The van der Waals surface area contributed by atoms with E-state index in [0.29, 0.717) is 18.0 Å². The molecule has 0 saturated heterocycles. The summed E-state index contributed by atoms with van der Waals surface area (Å²) in [6, 6.07) is 7.19. The lowest BCUT2D eigenvalue weighted by molar-refractivity contribution is -0.137. The average molecular weight is 370 g/mol. The fourth-order valence-electron chi connectivity index (χ4n) is 2.77. The first-order chi connectivity index (χ1) is 13.0. The number of carbonyl (C=O) groups is 2. The van der Waals surface area contributed by atoms with Crippen molar-refractivity contribution < 1.29 is 19.4 Å². The molecule has 2 aromatic rings. The Morgan fingerprint density at radius 3 is 2.74 bits per heavy atom. The van der Waals surface area contributed by atoms with Gasteiger partial charge < -0.3 is 15.2 Å². The summed E-state index contributed by atoms with van der Waals surface area (Å²) in [7, 11) is 0. The van der Waals surface area contributed by atoms with E-state index in [-0.39, 0.29) is 18.8 Å². The first-order valence-electron chi connectivity index (χ1n) is 8.73. The van der Waals surface area contributed by atoms with Crippen LogP contribution in [-0.4, -0.2) is 44.8 Å². The molecule has 0 aliphatic carbocycles. The van der Waals surface area contributed by atoms with E-state index in [1.54, 1.807) is 12.1 Å². The molecule has 2 amide bonds. The van der Waals surface area contributed by atoms with Crippen molar-refractivity contribution in [3.8, 4) is 5.75 Å². The van der Waals surface area contributed by atoms with Gasteiger partial charge in [0.25, 0.3) is 11.8 Å². The number of anilines is 1. The normalized spacial score (nSPS) is 13.9. The smallest absolute Gasteiger partial charge is 0.277 e. The molecule has 0 bridgehead atoms. The number of aryl methyl sites for hydroxylation is 2. The molecule has 1 aliphatic rings. The molecule has 0 unspecified atom stereocenters. The maximum absolute atomic E-state index is 12.3. The lowest BCUT2D eigenvalue weighted by atomic mass is 10.2. The minimum absolute atomic E-state index is 0.0296. The molecule has 142 valence electrons. The Labute approximate surface area is 157 Å². The summed E-state index contributed by atoms with van der Waals surface area (Å²) in [5.41, 5.74) is 2.61. The summed E-state index contributed by atoms with van der Waals surface area (Å²) in [6.07, 6.45) is 3.17. The summed E-state index contributed by atoms with van der Waals surface area (Å²) in [4.78, 5) is 25.2. The summed E-state index contributed by atoms with van der Waals surface area (Å²) >= 11 is 0. The number of β-amino-alcohol motifs (C(OH)–C–C–N with tert-alkyl or cyclic N) is 1. The Morgan fingerprint density at radius 2 is 2.04 bits per heavy atom. The van der Waals surface area contributed by atoms with Gasteiger partial charge in [-0.3, -0.25) is 19.2 Å². The second-order valence-corrected chi connectivity index (χ2v) is 6.08. The van der Waals surface area contributed by atoms with Crippen LogP contribution in [0.4, 0.5) is 5.69 Å². The van der Waals surface area contributed by atoms with E-state index in [1.807, 2.05) is 36.9 Å². The van der Waals surface area contributed by atoms with E-state index in [9.17, 15) is 9.59 Å². The number of imide groups is 1. The Hall–Kier alpha value is -3.13. The van der Waals surface area contributed by atoms with Gasteiger partial charge in [0.15, 0.2) is 0 Å². The van der Waals surface area contributed by atoms with Crippen LogP contribution in [0.25, 0.3) is 0 Å². The van der Waals surface area contributed by atoms with Gasteiger partial charge in [-0.25, -0.2) is 0 Å². The van der Waals surface area contributed by atoms with E-state index < -0.39 is 11.8 Å². The van der Waals surface area contributed by atoms with Gasteiger partial charge in [-0.2, -0.15) is 5.10 Å². The van der Waals surface area contributed by atoms with Crippen LogP contribution >= 0.6 is 0 Å². The quantitative estimate of drug-likeness (QED) is 0.683. The molecule has 0 saturated carbocycles. The third-order valence-electron chi connectivity index (χ3n) is 4.24. The van der Waals surface area contributed by atoms with Crippen LogP contribution in [0, 0.1) is 6.92 Å². The standard InChI is InChI=1S/C19H22N4O4/c1-3-22-11-14(13(2)21-22)12-27-17-7-5-4-6-15(17)20-16-10-18(25)23(8-9-24)19(16)26/h4-7,10-11,20,24H,3,8-9,12H2,1-2H3. The number of benzene rings is 1. The SMILES string of the molecule is CCn1cc(COc2ccccc2NC2=CC(=O)N(CCO)C2=O)c(C)n1. The van der Waals surface area contributed by atoms with Crippen molar-refractivity contribution in [1.29, 1.82) is 0 Å². The molecule has 2 heterocycles. The van der Waals surface area contributed by atoms with Crippen molar-refractivity contribution in [1.82, 2.24) is 14.7 Å². The summed E-state index contributed by atoms with van der Waals surface area (Å²) < 4.78 is 7.76.